The smallest absolute Gasteiger partial charge is 0.191 e. The molecule has 1 heterocycles. The molecule has 142 valence electrons. The molecule has 3 aromatic rings. The summed E-state index contributed by atoms with van der Waals surface area (Å²) in [5.74, 6) is 3.21. The molecule has 0 atom stereocenters. The summed E-state index contributed by atoms with van der Waals surface area (Å²) in [5, 5.41) is 9.84. The van der Waals surface area contributed by atoms with Crippen molar-refractivity contribution in [2.24, 2.45) is 5.92 Å². The van der Waals surface area contributed by atoms with E-state index in [9.17, 15) is 0 Å². The third-order valence-electron chi connectivity index (χ3n) is 4.35. The van der Waals surface area contributed by atoms with Gasteiger partial charge in [0.2, 0.25) is 0 Å². The van der Waals surface area contributed by atoms with Crippen LogP contribution >= 0.6 is 11.8 Å². The van der Waals surface area contributed by atoms with Gasteiger partial charge < -0.3 is 9.30 Å². The van der Waals surface area contributed by atoms with E-state index in [-0.39, 0.29) is 0 Å². The highest BCUT2D eigenvalue weighted by atomic mass is 32.2. The number of thioether (sulfide) groups is 1. The van der Waals surface area contributed by atoms with Gasteiger partial charge in [0, 0.05) is 17.9 Å². The van der Waals surface area contributed by atoms with Crippen molar-refractivity contribution in [3.63, 3.8) is 0 Å². The number of hydrogen-bond acceptors (Lipinski definition) is 4. The Morgan fingerprint density at radius 2 is 1.78 bits per heavy atom. The summed E-state index contributed by atoms with van der Waals surface area (Å²) in [6, 6.07) is 16.6. The molecule has 2 aromatic carbocycles. The van der Waals surface area contributed by atoms with Crippen LogP contribution < -0.4 is 4.74 Å². The Morgan fingerprint density at radius 1 is 1.04 bits per heavy atom. The number of hydrogen-bond donors (Lipinski definition) is 0. The van der Waals surface area contributed by atoms with Crippen LogP contribution in [0.1, 0.15) is 31.9 Å². The second-order valence-corrected chi connectivity index (χ2v) is 7.94. The zero-order valence-electron chi connectivity index (χ0n) is 16.5. The Hall–Kier alpha value is -2.27. The van der Waals surface area contributed by atoms with Gasteiger partial charge >= 0.3 is 0 Å². The largest absolute Gasteiger partial charge is 0.493 e. The molecule has 1 aromatic heterocycles. The molecule has 0 aliphatic rings. The average molecular weight is 382 g/mol. The van der Waals surface area contributed by atoms with Crippen molar-refractivity contribution in [1.29, 1.82) is 0 Å². The predicted molar refractivity (Wildman–Crippen MR) is 112 cm³/mol. The molecule has 0 N–H and O–H groups in total. The number of benzene rings is 2. The minimum absolute atomic E-state index is 0.515. The summed E-state index contributed by atoms with van der Waals surface area (Å²) < 4.78 is 7.95. The second-order valence-electron chi connectivity index (χ2n) is 6.99. The fraction of sp³-hybridized carbons (Fsp3) is 0.364. The molecule has 0 saturated carbocycles. The maximum absolute atomic E-state index is 5.77. The van der Waals surface area contributed by atoms with Gasteiger partial charge in [0.05, 0.1) is 6.61 Å². The highest BCUT2D eigenvalue weighted by molar-refractivity contribution is 7.98. The molecule has 0 spiro atoms. The standard InChI is InChI=1S/C22H27N3OS/c1-5-25-21(18-10-12-20(13-11-18)26-14-16(2)3)23-24-22(25)27-15-19-9-7-6-8-17(19)4/h6-13,16H,5,14-15H2,1-4H3. The van der Waals surface area contributed by atoms with Crippen molar-refractivity contribution in [2.75, 3.05) is 6.61 Å². The van der Waals surface area contributed by atoms with Crippen LogP contribution in [0.5, 0.6) is 5.75 Å². The molecule has 0 unspecified atom stereocenters. The van der Waals surface area contributed by atoms with Gasteiger partial charge in [0.1, 0.15) is 5.75 Å². The SMILES string of the molecule is CCn1c(SCc2ccccc2C)nnc1-c1ccc(OCC(C)C)cc1. The van der Waals surface area contributed by atoms with Gasteiger partial charge in [-0.1, -0.05) is 49.9 Å². The van der Waals surface area contributed by atoms with Crippen molar-refractivity contribution in [2.45, 2.75) is 45.1 Å². The highest BCUT2D eigenvalue weighted by Gasteiger charge is 2.14. The summed E-state index contributed by atoms with van der Waals surface area (Å²) in [5.41, 5.74) is 3.70. The normalized spacial score (nSPS) is 11.1. The first kappa shape index (κ1) is 19.5. The summed E-state index contributed by atoms with van der Waals surface area (Å²) in [6.45, 7) is 10.1. The molecule has 0 amide bonds. The third-order valence-corrected chi connectivity index (χ3v) is 5.36. The number of aryl methyl sites for hydroxylation is 1. The monoisotopic (exact) mass is 381 g/mol. The van der Waals surface area contributed by atoms with E-state index in [0.29, 0.717) is 5.92 Å². The first-order valence-corrected chi connectivity index (χ1v) is 10.4. The lowest BCUT2D eigenvalue weighted by atomic mass is 10.1. The Kier molecular flexibility index (Phi) is 6.56. The van der Waals surface area contributed by atoms with Gasteiger partial charge in [-0.3, -0.25) is 0 Å². The van der Waals surface area contributed by atoms with E-state index in [2.05, 4.69) is 78.9 Å². The Labute approximate surface area is 166 Å². The third kappa shape index (κ3) is 4.92. The maximum Gasteiger partial charge on any atom is 0.191 e. The van der Waals surface area contributed by atoms with Crippen LogP contribution in [0.2, 0.25) is 0 Å². The molecular weight excluding hydrogens is 354 g/mol. The van der Waals surface area contributed by atoms with E-state index in [4.69, 9.17) is 4.74 Å². The van der Waals surface area contributed by atoms with E-state index < -0.39 is 0 Å². The molecule has 0 bridgehead atoms. The molecule has 3 rings (SSSR count). The van der Waals surface area contributed by atoms with Crippen LogP contribution in [0.25, 0.3) is 11.4 Å². The van der Waals surface area contributed by atoms with Crippen LogP contribution in [0.4, 0.5) is 0 Å². The second kappa shape index (κ2) is 9.09. The molecule has 0 radical (unpaired) electrons. The van der Waals surface area contributed by atoms with E-state index in [1.807, 2.05) is 12.1 Å². The topological polar surface area (TPSA) is 39.9 Å². The Morgan fingerprint density at radius 3 is 2.44 bits per heavy atom. The summed E-state index contributed by atoms with van der Waals surface area (Å²) in [6.07, 6.45) is 0. The van der Waals surface area contributed by atoms with Gasteiger partial charge in [-0.2, -0.15) is 0 Å². The quantitative estimate of drug-likeness (QED) is 0.476. The van der Waals surface area contributed by atoms with Crippen molar-refractivity contribution < 1.29 is 4.74 Å². The lowest BCUT2D eigenvalue weighted by Crippen LogP contribution is -2.04. The Bertz CT molecular complexity index is 872. The zero-order valence-corrected chi connectivity index (χ0v) is 17.3. The molecule has 4 nitrogen and oxygen atoms in total. The molecule has 0 aliphatic carbocycles. The molecular formula is C22H27N3OS. The minimum atomic E-state index is 0.515. The van der Waals surface area contributed by atoms with Gasteiger partial charge in [-0.15, -0.1) is 10.2 Å². The first-order valence-electron chi connectivity index (χ1n) is 9.42. The predicted octanol–water partition coefficient (Wildman–Crippen LogP) is 5.60. The zero-order chi connectivity index (χ0) is 19.2. The maximum atomic E-state index is 5.77. The first-order chi connectivity index (χ1) is 13.1. The van der Waals surface area contributed by atoms with Crippen LogP contribution in [0, 0.1) is 12.8 Å². The molecule has 0 saturated heterocycles. The van der Waals surface area contributed by atoms with Crippen LogP contribution in [0.15, 0.2) is 53.7 Å². The number of nitrogens with zero attached hydrogens (tertiary/aromatic N) is 3. The molecule has 0 fully saturated rings. The van der Waals surface area contributed by atoms with E-state index in [1.165, 1.54) is 11.1 Å². The van der Waals surface area contributed by atoms with Gasteiger partial charge in [0.15, 0.2) is 11.0 Å². The van der Waals surface area contributed by atoms with Crippen LogP contribution in [-0.2, 0) is 12.3 Å². The molecule has 27 heavy (non-hydrogen) atoms. The van der Waals surface area contributed by atoms with Crippen molar-refractivity contribution in [3.05, 3.63) is 59.7 Å². The average Bonchev–Trinajstić information content (AvgIpc) is 3.09. The highest BCUT2D eigenvalue weighted by Crippen LogP contribution is 2.28. The van der Waals surface area contributed by atoms with Crippen LogP contribution in [-0.4, -0.2) is 21.4 Å². The van der Waals surface area contributed by atoms with E-state index in [0.717, 1.165) is 41.2 Å². The molecule has 5 heteroatoms. The fourth-order valence-corrected chi connectivity index (χ4v) is 3.85. The van der Waals surface area contributed by atoms with Crippen molar-refractivity contribution in [1.82, 2.24) is 14.8 Å². The van der Waals surface area contributed by atoms with E-state index in [1.54, 1.807) is 11.8 Å². The van der Waals surface area contributed by atoms with Gasteiger partial charge in [-0.05, 0) is 55.2 Å². The lowest BCUT2D eigenvalue weighted by Gasteiger charge is -2.10. The summed E-state index contributed by atoms with van der Waals surface area (Å²) in [4.78, 5) is 0. The lowest BCUT2D eigenvalue weighted by molar-refractivity contribution is 0.271. The number of aromatic nitrogens is 3. The Balaban J connectivity index is 1.74. The molecule has 0 aliphatic heterocycles. The number of ether oxygens (including phenoxy) is 1. The number of rotatable bonds is 8. The fourth-order valence-electron chi connectivity index (χ4n) is 2.77. The summed E-state index contributed by atoms with van der Waals surface area (Å²) in [7, 11) is 0. The van der Waals surface area contributed by atoms with Crippen LogP contribution in [0.3, 0.4) is 0 Å². The van der Waals surface area contributed by atoms with Crippen molar-refractivity contribution >= 4 is 11.8 Å². The van der Waals surface area contributed by atoms with Crippen molar-refractivity contribution in [3.8, 4) is 17.1 Å². The van der Waals surface area contributed by atoms with Gasteiger partial charge in [0.25, 0.3) is 0 Å². The minimum Gasteiger partial charge on any atom is -0.493 e. The van der Waals surface area contributed by atoms with E-state index >= 15 is 0 Å². The summed E-state index contributed by atoms with van der Waals surface area (Å²) >= 11 is 1.73. The van der Waals surface area contributed by atoms with Gasteiger partial charge in [-0.25, -0.2) is 0 Å².